The molecule has 8 nitrogen and oxygen atoms in total. The molecule has 0 fully saturated rings. The Kier molecular flexibility index (Phi) is 6.04. The SMILES string of the molecule is CCNc1ncc([N+](=O)[O-])cc1C(=O)N(CCO)C(C)C. The maximum absolute atomic E-state index is 12.6. The second-order valence-corrected chi connectivity index (χ2v) is 4.69. The third kappa shape index (κ3) is 4.12. The van der Waals surface area contributed by atoms with Crippen LogP contribution in [-0.4, -0.2) is 51.6 Å². The maximum atomic E-state index is 12.6. The molecular formula is C13H20N4O4. The van der Waals surface area contributed by atoms with Crippen molar-refractivity contribution in [3.8, 4) is 0 Å². The average Bonchev–Trinajstić information content (AvgIpc) is 2.44. The van der Waals surface area contributed by atoms with Gasteiger partial charge in [0.1, 0.15) is 12.0 Å². The minimum absolute atomic E-state index is 0.133. The molecule has 0 bridgehead atoms. The zero-order chi connectivity index (χ0) is 16.0. The molecule has 0 spiro atoms. The van der Waals surface area contributed by atoms with Gasteiger partial charge < -0.3 is 15.3 Å². The molecule has 0 aromatic carbocycles. The lowest BCUT2D eigenvalue weighted by Gasteiger charge is -2.26. The van der Waals surface area contributed by atoms with Gasteiger partial charge in [0.2, 0.25) is 0 Å². The molecule has 21 heavy (non-hydrogen) atoms. The number of carbonyl (C=O) groups excluding carboxylic acids is 1. The quantitative estimate of drug-likeness (QED) is 0.579. The van der Waals surface area contributed by atoms with E-state index in [0.717, 1.165) is 6.20 Å². The van der Waals surface area contributed by atoms with E-state index in [0.29, 0.717) is 12.4 Å². The van der Waals surface area contributed by atoms with Crippen molar-refractivity contribution < 1.29 is 14.8 Å². The maximum Gasteiger partial charge on any atom is 0.288 e. The van der Waals surface area contributed by atoms with Crippen LogP contribution in [-0.2, 0) is 0 Å². The predicted octanol–water partition coefficient (Wildman–Crippen LogP) is 1.26. The van der Waals surface area contributed by atoms with Crippen LogP contribution in [0.1, 0.15) is 31.1 Å². The Morgan fingerprint density at radius 1 is 1.57 bits per heavy atom. The topological polar surface area (TPSA) is 109 Å². The molecule has 0 unspecified atom stereocenters. The molecule has 2 N–H and O–H groups in total. The van der Waals surface area contributed by atoms with Crippen molar-refractivity contribution >= 4 is 17.4 Å². The summed E-state index contributed by atoms with van der Waals surface area (Å²) in [6.07, 6.45) is 1.11. The highest BCUT2D eigenvalue weighted by atomic mass is 16.6. The highest BCUT2D eigenvalue weighted by Crippen LogP contribution is 2.21. The number of aliphatic hydroxyl groups is 1. The number of hydrogen-bond acceptors (Lipinski definition) is 6. The number of anilines is 1. The summed E-state index contributed by atoms with van der Waals surface area (Å²) >= 11 is 0. The van der Waals surface area contributed by atoms with Crippen molar-refractivity contribution in [3.05, 3.63) is 27.9 Å². The highest BCUT2D eigenvalue weighted by Gasteiger charge is 2.24. The van der Waals surface area contributed by atoms with Crippen molar-refractivity contribution in [2.24, 2.45) is 0 Å². The number of hydrogen-bond donors (Lipinski definition) is 2. The van der Waals surface area contributed by atoms with Crippen LogP contribution in [0.4, 0.5) is 11.5 Å². The predicted molar refractivity (Wildman–Crippen MR) is 78.3 cm³/mol. The number of aliphatic hydroxyl groups excluding tert-OH is 1. The summed E-state index contributed by atoms with van der Waals surface area (Å²) in [4.78, 5) is 28.2. The highest BCUT2D eigenvalue weighted by molar-refractivity contribution is 5.99. The van der Waals surface area contributed by atoms with Crippen molar-refractivity contribution in [2.45, 2.75) is 26.8 Å². The van der Waals surface area contributed by atoms with Gasteiger partial charge in [-0.05, 0) is 20.8 Å². The first-order valence-corrected chi connectivity index (χ1v) is 6.72. The van der Waals surface area contributed by atoms with Crippen LogP contribution in [0.25, 0.3) is 0 Å². The monoisotopic (exact) mass is 296 g/mol. The standard InChI is InChI=1S/C13H20N4O4/c1-4-14-12-11(7-10(8-15-12)17(20)21)13(19)16(5-6-18)9(2)3/h7-9,18H,4-6H2,1-3H3,(H,14,15). The molecule has 1 aromatic rings. The minimum Gasteiger partial charge on any atom is -0.395 e. The van der Waals surface area contributed by atoms with Crippen LogP contribution in [0.5, 0.6) is 0 Å². The molecule has 8 heteroatoms. The first-order valence-electron chi connectivity index (χ1n) is 6.72. The summed E-state index contributed by atoms with van der Waals surface area (Å²) < 4.78 is 0. The lowest BCUT2D eigenvalue weighted by atomic mass is 10.1. The number of rotatable bonds is 7. The zero-order valence-electron chi connectivity index (χ0n) is 12.4. The van der Waals surface area contributed by atoms with E-state index in [9.17, 15) is 14.9 Å². The molecule has 0 aliphatic carbocycles. The van der Waals surface area contributed by atoms with Crippen molar-refractivity contribution in [1.29, 1.82) is 0 Å². The van der Waals surface area contributed by atoms with Crippen molar-refractivity contribution in [3.63, 3.8) is 0 Å². The van der Waals surface area contributed by atoms with Crippen LogP contribution >= 0.6 is 0 Å². The summed E-state index contributed by atoms with van der Waals surface area (Å²) in [6, 6.07) is 1.07. The Bertz CT molecular complexity index is 519. The lowest BCUT2D eigenvalue weighted by Crippen LogP contribution is -2.39. The zero-order valence-corrected chi connectivity index (χ0v) is 12.4. The molecule has 1 rings (SSSR count). The molecule has 0 saturated heterocycles. The number of nitro groups is 1. The number of aromatic nitrogens is 1. The molecule has 0 aliphatic rings. The van der Waals surface area contributed by atoms with Crippen LogP contribution < -0.4 is 5.32 Å². The number of nitrogens with zero attached hydrogens (tertiary/aromatic N) is 3. The van der Waals surface area contributed by atoms with Gasteiger partial charge in [-0.3, -0.25) is 14.9 Å². The van der Waals surface area contributed by atoms with Crippen LogP contribution in [0.3, 0.4) is 0 Å². The van der Waals surface area contributed by atoms with Gasteiger partial charge in [0.15, 0.2) is 0 Å². The van der Waals surface area contributed by atoms with Gasteiger partial charge in [-0.25, -0.2) is 4.98 Å². The molecule has 0 aliphatic heterocycles. The van der Waals surface area contributed by atoms with Gasteiger partial charge in [0.25, 0.3) is 11.6 Å². The van der Waals surface area contributed by atoms with Gasteiger partial charge in [-0.1, -0.05) is 0 Å². The van der Waals surface area contributed by atoms with E-state index in [-0.39, 0.29) is 30.4 Å². The molecule has 1 heterocycles. The van der Waals surface area contributed by atoms with Crippen molar-refractivity contribution in [1.82, 2.24) is 9.88 Å². The van der Waals surface area contributed by atoms with E-state index in [4.69, 9.17) is 5.11 Å². The minimum atomic E-state index is -0.592. The van der Waals surface area contributed by atoms with E-state index < -0.39 is 10.8 Å². The molecular weight excluding hydrogens is 276 g/mol. The van der Waals surface area contributed by atoms with Gasteiger partial charge in [-0.15, -0.1) is 0 Å². The number of pyridine rings is 1. The molecule has 116 valence electrons. The smallest absolute Gasteiger partial charge is 0.288 e. The Morgan fingerprint density at radius 2 is 2.24 bits per heavy atom. The largest absolute Gasteiger partial charge is 0.395 e. The van der Waals surface area contributed by atoms with Crippen LogP contribution in [0.2, 0.25) is 0 Å². The third-order valence-corrected chi connectivity index (χ3v) is 2.88. The van der Waals surface area contributed by atoms with E-state index in [1.165, 1.54) is 11.0 Å². The Labute approximate surface area is 122 Å². The summed E-state index contributed by atoms with van der Waals surface area (Å²) in [6.45, 7) is 5.97. The summed E-state index contributed by atoms with van der Waals surface area (Å²) in [5.41, 5.74) is -0.110. The number of nitrogens with one attached hydrogen (secondary N) is 1. The van der Waals surface area contributed by atoms with Gasteiger partial charge in [-0.2, -0.15) is 0 Å². The second kappa shape index (κ2) is 7.53. The third-order valence-electron chi connectivity index (χ3n) is 2.88. The molecule has 0 atom stereocenters. The van der Waals surface area contributed by atoms with Crippen LogP contribution in [0, 0.1) is 10.1 Å². The van der Waals surface area contributed by atoms with Crippen LogP contribution in [0.15, 0.2) is 12.3 Å². The lowest BCUT2D eigenvalue weighted by molar-refractivity contribution is -0.385. The average molecular weight is 296 g/mol. The Balaban J connectivity index is 3.25. The molecule has 0 radical (unpaired) electrons. The molecule has 1 aromatic heterocycles. The Morgan fingerprint density at radius 3 is 2.71 bits per heavy atom. The second-order valence-electron chi connectivity index (χ2n) is 4.69. The van der Waals surface area contributed by atoms with Gasteiger partial charge >= 0.3 is 0 Å². The van der Waals surface area contributed by atoms with Gasteiger partial charge in [0, 0.05) is 25.2 Å². The number of amides is 1. The fraction of sp³-hybridized carbons (Fsp3) is 0.538. The fourth-order valence-electron chi connectivity index (χ4n) is 1.88. The fourth-order valence-corrected chi connectivity index (χ4v) is 1.88. The number of carbonyl (C=O) groups is 1. The molecule has 0 saturated carbocycles. The normalized spacial score (nSPS) is 10.5. The van der Waals surface area contributed by atoms with E-state index in [2.05, 4.69) is 10.3 Å². The van der Waals surface area contributed by atoms with Crippen molar-refractivity contribution in [2.75, 3.05) is 25.0 Å². The molecule has 1 amide bonds. The summed E-state index contributed by atoms with van der Waals surface area (Å²) in [5.74, 6) is -0.0945. The Hall–Kier alpha value is -2.22. The van der Waals surface area contributed by atoms with E-state index >= 15 is 0 Å². The summed E-state index contributed by atoms with van der Waals surface area (Å²) in [5, 5.41) is 22.8. The summed E-state index contributed by atoms with van der Waals surface area (Å²) in [7, 11) is 0. The van der Waals surface area contributed by atoms with Gasteiger partial charge in [0.05, 0.1) is 17.1 Å². The van der Waals surface area contributed by atoms with E-state index in [1.54, 1.807) is 0 Å². The first kappa shape index (κ1) is 16.8. The first-order chi connectivity index (χ1) is 9.92. The van der Waals surface area contributed by atoms with E-state index in [1.807, 2.05) is 20.8 Å².